The molecule has 8 heteroatoms. The van der Waals surface area contributed by atoms with Crippen LogP contribution >= 0.6 is 0 Å². The lowest BCUT2D eigenvalue weighted by Crippen LogP contribution is -2.27. The molecule has 2 aromatic carbocycles. The molecule has 8 nitrogen and oxygen atoms in total. The zero-order valence-electron chi connectivity index (χ0n) is 18.4. The van der Waals surface area contributed by atoms with Crippen molar-refractivity contribution in [3.05, 3.63) is 36.4 Å². The fourth-order valence-corrected chi connectivity index (χ4v) is 3.23. The molecule has 0 saturated carbocycles. The number of amides is 1. The molecule has 0 atom stereocenters. The number of carboxylic acid groups (broad SMARTS) is 1. The number of aliphatic carboxylic acids is 1. The van der Waals surface area contributed by atoms with Crippen molar-refractivity contribution in [1.29, 1.82) is 0 Å². The Hall–Kier alpha value is -3.39. The zero-order valence-corrected chi connectivity index (χ0v) is 18.4. The number of nitrogen functional groups attached to an aromatic ring is 1. The third kappa shape index (κ3) is 6.55. The number of nitrogens with zero attached hydrogens (tertiary/aromatic N) is 2. The molecule has 0 fully saturated rings. The minimum absolute atomic E-state index is 0.119. The van der Waals surface area contributed by atoms with E-state index in [0.717, 1.165) is 54.1 Å². The van der Waals surface area contributed by atoms with E-state index in [4.69, 9.17) is 25.4 Å². The Morgan fingerprint density at radius 1 is 1.13 bits per heavy atom. The van der Waals surface area contributed by atoms with Crippen molar-refractivity contribution in [2.75, 3.05) is 37.3 Å². The standard InChI is InChI=1S/C21H26N4O2.C2H4O2/c1-4-25(5-2)11-12-27-19-8-6-7-17-20(19)21(22)16-10-9-15(23-14(3)26)13-18(16)24-17;1-2(3)4/h6-10,13H,4-5,11-12H2,1-3H3,(H2,22,24)(H,23,26);1H3,(H,3,4). The molecular weight excluding hydrogens is 396 g/mol. The van der Waals surface area contributed by atoms with E-state index in [1.54, 1.807) is 0 Å². The number of likely N-dealkylation sites (N-methyl/N-ethyl adjacent to an activating group) is 1. The number of nitrogens with two attached hydrogens (primary N) is 1. The lowest BCUT2D eigenvalue weighted by molar-refractivity contribution is -0.134. The molecule has 1 aromatic heterocycles. The molecule has 1 heterocycles. The number of carbonyl (C=O) groups excluding carboxylic acids is 1. The quantitative estimate of drug-likeness (QED) is 0.493. The highest BCUT2D eigenvalue weighted by Crippen LogP contribution is 2.35. The largest absolute Gasteiger partial charge is 0.491 e. The van der Waals surface area contributed by atoms with E-state index in [-0.39, 0.29) is 5.91 Å². The zero-order chi connectivity index (χ0) is 23.0. The maximum Gasteiger partial charge on any atom is 0.300 e. The molecule has 0 aliphatic carbocycles. The molecule has 0 unspecified atom stereocenters. The van der Waals surface area contributed by atoms with Crippen molar-refractivity contribution in [1.82, 2.24) is 9.88 Å². The first-order chi connectivity index (χ1) is 14.8. The number of hydrogen-bond donors (Lipinski definition) is 3. The Bertz CT molecular complexity index is 1060. The Labute approximate surface area is 182 Å². The van der Waals surface area contributed by atoms with E-state index >= 15 is 0 Å². The molecule has 31 heavy (non-hydrogen) atoms. The Balaban J connectivity index is 0.000000785. The number of carboxylic acids is 1. The van der Waals surface area contributed by atoms with Crippen LogP contribution in [0.15, 0.2) is 36.4 Å². The molecule has 166 valence electrons. The molecule has 4 N–H and O–H groups in total. The summed E-state index contributed by atoms with van der Waals surface area (Å²) in [6.45, 7) is 10.3. The maximum atomic E-state index is 11.3. The van der Waals surface area contributed by atoms with Crippen LogP contribution in [0, 0.1) is 0 Å². The lowest BCUT2D eigenvalue weighted by atomic mass is 10.1. The number of ether oxygens (including phenoxy) is 1. The van der Waals surface area contributed by atoms with Crippen LogP contribution < -0.4 is 15.8 Å². The number of anilines is 2. The van der Waals surface area contributed by atoms with Crippen LogP contribution in [0.2, 0.25) is 0 Å². The molecule has 3 aromatic rings. The molecule has 3 rings (SSSR count). The van der Waals surface area contributed by atoms with Gasteiger partial charge >= 0.3 is 0 Å². The minimum atomic E-state index is -0.833. The van der Waals surface area contributed by atoms with Crippen LogP contribution in [-0.4, -0.2) is 53.1 Å². The van der Waals surface area contributed by atoms with Crippen LogP contribution in [0.1, 0.15) is 27.7 Å². The third-order valence-electron chi connectivity index (χ3n) is 4.68. The minimum Gasteiger partial charge on any atom is -0.491 e. The second-order valence-electron chi connectivity index (χ2n) is 6.98. The number of benzene rings is 2. The highest BCUT2D eigenvalue weighted by Gasteiger charge is 2.12. The summed E-state index contributed by atoms with van der Waals surface area (Å²) in [4.78, 5) is 27.3. The van der Waals surface area contributed by atoms with Crippen LogP contribution in [0.4, 0.5) is 11.4 Å². The van der Waals surface area contributed by atoms with E-state index in [0.29, 0.717) is 18.0 Å². The average molecular weight is 427 g/mol. The van der Waals surface area contributed by atoms with Gasteiger partial charge in [-0.3, -0.25) is 9.59 Å². The van der Waals surface area contributed by atoms with Gasteiger partial charge in [0.15, 0.2) is 0 Å². The number of nitrogens with one attached hydrogen (secondary N) is 1. The van der Waals surface area contributed by atoms with Gasteiger partial charge in [-0.05, 0) is 43.4 Å². The first-order valence-electron chi connectivity index (χ1n) is 10.2. The Morgan fingerprint density at radius 3 is 2.42 bits per heavy atom. The van der Waals surface area contributed by atoms with Gasteiger partial charge in [0, 0.05) is 31.5 Å². The Morgan fingerprint density at radius 2 is 1.81 bits per heavy atom. The third-order valence-corrected chi connectivity index (χ3v) is 4.68. The summed E-state index contributed by atoms with van der Waals surface area (Å²) < 4.78 is 6.04. The first-order valence-corrected chi connectivity index (χ1v) is 10.2. The number of rotatable bonds is 7. The maximum absolute atomic E-state index is 11.3. The van der Waals surface area contributed by atoms with Gasteiger partial charge in [-0.1, -0.05) is 19.9 Å². The molecule has 0 aliphatic rings. The van der Waals surface area contributed by atoms with Crippen molar-refractivity contribution in [3.63, 3.8) is 0 Å². The fourth-order valence-electron chi connectivity index (χ4n) is 3.23. The molecule has 1 amide bonds. The van der Waals surface area contributed by atoms with E-state index in [9.17, 15) is 4.79 Å². The summed E-state index contributed by atoms with van der Waals surface area (Å²) >= 11 is 0. The summed E-state index contributed by atoms with van der Waals surface area (Å²) in [6.07, 6.45) is 0. The molecule has 0 aliphatic heterocycles. The van der Waals surface area contributed by atoms with E-state index in [2.05, 4.69) is 24.1 Å². The molecule has 0 radical (unpaired) electrons. The van der Waals surface area contributed by atoms with E-state index in [1.807, 2.05) is 36.4 Å². The summed E-state index contributed by atoms with van der Waals surface area (Å²) in [5.41, 5.74) is 9.34. The normalized spacial score (nSPS) is 10.6. The van der Waals surface area contributed by atoms with Crippen LogP contribution in [0.5, 0.6) is 5.75 Å². The summed E-state index contributed by atoms with van der Waals surface area (Å²) in [6, 6.07) is 11.3. The lowest BCUT2D eigenvalue weighted by Gasteiger charge is -2.19. The van der Waals surface area contributed by atoms with Gasteiger partial charge in [0.1, 0.15) is 12.4 Å². The Kier molecular flexibility index (Phi) is 8.57. The number of aromatic nitrogens is 1. The van der Waals surface area contributed by atoms with Crippen molar-refractivity contribution in [2.24, 2.45) is 0 Å². The van der Waals surface area contributed by atoms with Gasteiger partial charge in [0.05, 0.1) is 22.1 Å². The molecular formula is C23H30N4O4. The predicted octanol–water partition coefficient (Wildman–Crippen LogP) is 3.74. The number of carbonyl (C=O) groups is 2. The molecule has 0 spiro atoms. The summed E-state index contributed by atoms with van der Waals surface area (Å²) in [5, 5.41) is 11.9. The molecule has 0 saturated heterocycles. The van der Waals surface area contributed by atoms with Gasteiger partial charge in [-0.2, -0.15) is 0 Å². The van der Waals surface area contributed by atoms with Gasteiger partial charge < -0.3 is 25.8 Å². The fraction of sp³-hybridized carbons (Fsp3) is 0.348. The smallest absolute Gasteiger partial charge is 0.300 e. The van der Waals surface area contributed by atoms with Gasteiger partial charge in [-0.25, -0.2) is 4.98 Å². The van der Waals surface area contributed by atoms with Crippen LogP contribution in [-0.2, 0) is 9.59 Å². The van der Waals surface area contributed by atoms with E-state index in [1.165, 1.54) is 6.92 Å². The highest BCUT2D eigenvalue weighted by molar-refractivity contribution is 6.09. The SMILES string of the molecule is CC(=O)O.CCN(CC)CCOc1cccc2nc3cc(NC(C)=O)ccc3c(N)c12. The van der Waals surface area contributed by atoms with Crippen molar-refractivity contribution >= 4 is 45.1 Å². The number of fused-ring (bicyclic) bond motifs is 2. The second-order valence-corrected chi connectivity index (χ2v) is 6.98. The van der Waals surface area contributed by atoms with Gasteiger partial charge in [0.25, 0.3) is 5.97 Å². The average Bonchev–Trinajstić information content (AvgIpc) is 2.70. The van der Waals surface area contributed by atoms with Gasteiger partial charge in [0.2, 0.25) is 5.91 Å². The highest BCUT2D eigenvalue weighted by atomic mass is 16.5. The number of hydrogen-bond acceptors (Lipinski definition) is 6. The molecule has 0 bridgehead atoms. The van der Waals surface area contributed by atoms with Crippen LogP contribution in [0.25, 0.3) is 21.8 Å². The van der Waals surface area contributed by atoms with E-state index < -0.39 is 5.97 Å². The predicted molar refractivity (Wildman–Crippen MR) is 125 cm³/mol. The summed E-state index contributed by atoms with van der Waals surface area (Å²) in [5.74, 6) is -0.204. The topological polar surface area (TPSA) is 118 Å². The monoisotopic (exact) mass is 426 g/mol. The van der Waals surface area contributed by atoms with Crippen molar-refractivity contribution < 1.29 is 19.4 Å². The number of pyridine rings is 1. The van der Waals surface area contributed by atoms with Crippen molar-refractivity contribution in [2.45, 2.75) is 27.7 Å². The van der Waals surface area contributed by atoms with Crippen LogP contribution in [0.3, 0.4) is 0 Å². The second kappa shape index (κ2) is 11.1. The first kappa shape index (κ1) is 23.9. The van der Waals surface area contributed by atoms with Crippen molar-refractivity contribution in [3.8, 4) is 5.75 Å². The van der Waals surface area contributed by atoms with Gasteiger partial charge in [-0.15, -0.1) is 0 Å². The summed E-state index contributed by atoms with van der Waals surface area (Å²) in [7, 11) is 0.